The fraction of sp³-hybridized carbons (Fsp3) is 0.381. The Kier molecular flexibility index (Phi) is 6.39. The molecule has 1 aliphatic heterocycles. The second-order valence-corrected chi connectivity index (χ2v) is 8.18. The average molecular weight is 430 g/mol. The van der Waals surface area contributed by atoms with Gasteiger partial charge in [-0.15, -0.1) is 11.3 Å². The van der Waals surface area contributed by atoms with E-state index >= 15 is 0 Å². The number of hydrogen-bond acceptors (Lipinski definition) is 7. The summed E-state index contributed by atoms with van der Waals surface area (Å²) >= 11 is 1.33. The highest BCUT2D eigenvalue weighted by atomic mass is 32.1. The second-order valence-electron chi connectivity index (χ2n) is 7.15. The number of fused-ring (bicyclic) bond motifs is 1. The summed E-state index contributed by atoms with van der Waals surface area (Å²) in [5.74, 6) is 0.983. The minimum Gasteiger partial charge on any atom is -0.492 e. The topological polar surface area (TPSA) is 88.2 Å². The number of ether oxygens (including phenoxy) is 1. The van der Waals surface area contributed by atoms with Crippen LogP contribution >= 0.6 is 11.3 Å². The molecule has 3 aromatic rings. The third kappa shape index (κ3) is 4.68. The van der Waals surface area contributed by atoms with Crippen LogP contribution in [0, 0.1) is 11.7 Å². The highest BCUT2D eigenvalue weighted by Gasteiger charge is 2.18. The van der Waals surface area contributed by atoms with Crippen LogP contribution in [0.2, 0.25) is 0 Å². The summed E-state index contributed by atoms with van der Waals surface area (Å²) in [6, 6.07) is 6.09. The van der Waals surface area contributed by atoms with Crippen LogP contribution in [-0.4, -0.2) is 42.1 Å². The fourth-order valence-corrected chi connectivity index (χ4v) is 4.39. The molecule has 0 atom stereocenters. The van der Waals surface area contributed by atoms with Crippen molar-refractivity contribution < 1.29 is 13.9 Å². The zero-order valence-corrected chi connectivity index (χ0v) is 17.5. The van der Waals surface area contributed by atoms with Gasteiger partial charge >= 0.3 is 0 Å². The number of aromatic nitrogens is 2. The second kappa shape index (κ2) is 9.36. The van der Waals surface area contributed by atoms with Crippen molar-refractivity contribution in [2.24, 2.45) is 5.92 Å². The Balaban J connectivity index is 1.53. The number of carbonyl (C=O) groups is 1. The largest absolute Gasteiger partial charge is 0.492 e. The van der Waals surface area contributed by atoms with E-state index in [0.29, 0.717) is 46.0 Å². The van der Waals surface area contributed by atoms with Crippen LogP contribution in [0.15, 0.2) is 30.6 Å². The lowest BCUT2D eigenvalue weighted by Gasteiger charge is -2.22. The molecule has 3 heterocycles. The van der Waals surface area contributed by atoms with E-state index in [1.807, 2.05) is 6.92 Å². The third-order valence-electron chi connectivity index (χ3n) is 5.06. The van der Waals surface area contributed by atoms with Gasteiger partial charge in [-0.25, -0.2) is 14.4 Å². The van der Waals surface area contributed by atoms with Gasteiger partial charge in [-0.05, 0) is 57.0 Å². The Labute approximate surface area is 178 Å². The van der Waals surface area contributed by atoms with Crippen molar-refractivity contribution >= 4 is 39.0 Å². The maximum Gasteiger partial charge on any atom is 0.261 e. The summed E-state index contributed by atoms with van der Waals surface area (Å²) < 4.78 is 19.1. The monoisotopic (exact) mass is 429 g/mol. The van der Waals surface area contributed by atoms with Crippen molar-refractivity contribution in [3.8, 4) is 5.75 Å². The molecule has 1 aromatic carbocycles. The Hall–Kier alpha value is -2.78. The van der Waals surface area contributed by atoms with Gasteiger partial charge in [0.1, 0.15) is 28.5 Å². The molecule has 1 aliphatic rings. The summed E-state index contributed by atoms with van der Waals surface area (Å²) in [5, 5.41) is 10.3. The van der Waals surface area contributed by atoms with Gasteiger partial charge in [-0.3, -0.25) is 4.79 Å². The normalized spacial score (nSPS) is 14.6. The number of thiophene rings is 1. The predicted molar refractivity (Wildman–Crippen MR) is 116 cm³/mol. The van der Waals surface area contributed by atoms with Crippen molar-refractivity contribution in [3.05, 3.63) is 41.3 Å². The minimum atomic E-state index is -0.375. The predicted octanol–water partition coefficient (Wildman–Crippen LogP) is 3.70. The lowest BCUT2D eigenvalue weighted by molar-refractivity contribution is 0.0948. The first-order valence-electron chi connectivity index (χ1n) is 10.1. The van der Waals surface area contributed by atoms with Crippen LogP contribution in [-0.2, 0) is 0 Å². The van der Waals surface area contributed by atoms with E-state index in [2.05, 4.69) is 25.9 Å². The number of anilines is 2. The maximum absolute atomic E-state index is 13.6. The van der Waals surface area contributed by atoms with E-state index in [9.17, 15) is 9.18 Å². The van der Waals surface area contributed by atoms with Crippen molar-refractivity contribution in [3.63, 3.8) is 0 Å². The van der Waals surface area contributed by atoms with Crippen LogP contribution in [0.5, 0.6) is 5.75 Å². The number of piperidine rings is 1. The zero-order valence-electron chi connectivity index (χ0n) is 16.7. The number of rotatable bonds is 7. The number of nitrogens with one attached hydrogen (secondary N) is 3. The number of halogens is 1. The fourth-order valence-electron chi connectivity index (χ4n) is 3.48. The molecular weight excluding hydrogens is 405 g/mol. The van der Waals surface area contributed by atoms with Gasteiger partial charge < -0.3 is 20.7 Å². The summed E-state index contributed by atoms with van der Waals surface area (Å²) in [5.41, 5.74) is 0.598. The van der Waals surface area contributed by atoms with E-state index < -0.39 is 0 Å². The summed E-state index contributed by atoms with van der Waals surface area (Å²) in [4.78, 5) is 22.6. The molecular formula is C21H24FN5O2S. The molecule has 2 aromatic heterocycles. The van der Waals surface area contributed by atoms with Crippen LogP contribution in [0.25, 0.3) is 10.2 Å². The molecule has 0 saturated carbocycles. The summed E-state index contributed by atoms with van der Waals surface area (Å²) in [6.45, 7) is 4.93. The number of amides is 1. The van der Waals surface area contributed by atoms with Crippen LogP contribution in [0.3, 0.4) is 0 Å². The molecule has 1 saturated heterocycles. The van der Waals surface area contributed by atoms with Gasteiger partial charge in [0.15, 0.2) is 0 Å². The highest BCUT2D eigenvalue weighted by Crippen LogP contribution is 2.33. The first-order chi connectivity index (χ1) is 14.6. The number of hydrogen-bond donors (Lipinski definition) is 3. The van der Waals surface area contributed by atoms with Crippen molar-refractivity contribution in [2.75, 3.05) is 31.6 Å². The Morgan fingerprint density at radius 1 is 1.30 bits per heavy atom. The first-order valence-corrected chi connectivity index (χ1v) is 10.9. The smallest absolute Gasteiger partial charge is 0.261 e. The molecule has 0 bridgehead atoms. The van der Waals surface area contributed by atoms with Gasteiger partial charge in [-0.2, -0.15) is 0 Å². The quantitative estimate of drug-likeness (QED) is 0.531. The molecule has 9 heteroatoms. The number of benzene rings is 1. The molecule has 4 rings (SSSR count). The Morgan fingerprint density at radius 3 is 2.93 bits per heavy atom. The van der Waals surface area contributed by atoms with E-state index in [4.69, 9.17) is 4.74 Å². The van der Waals surface area contributed by atoms with Gasteiger partial charge in [0, 0.05) is 12.6 Å². The van der Waals surface area contributed by atoms with Crippen molar-refractivity contribution in [1.29, 1.82) is 0 Å². The minimum absolute atomic E-state index is 0.0979. The lowest BCUT2D eigenvalue weighted by Crippen LogP contribution is -2.35. The highest BCUT2D eigenvalue weighted by molar-refractivity contribution is 7.20. The SMILES string of the molecule is CCOc1cc(F)ccc1Nc1ncnc2sc(C(=O)NCC3CCNCC3)cc12. The maximum atomic E-state index is 13.6. The van der Waals surface area contributed by atoms with Crippen molar-refractivity contribution in [1.82, 2.24) is 20.6 Å². The number of nitrogens with zero attached hydrogens (tertiary/aromatic N) is 2. The number of carbonyl (C=O) groups excluding carboxylic acids is 1. The van der Waals surface area contributed by atoms with Crippen LogP contribution in [0.4, 0.5) is 15.9 Å². The standard InChI is InChI=1S/C21H24FN5O2S/c1-2-29-17-9-14(22)3-4-16(17)27-19-15-10-18(30-21(15)26-12-25-19)20(28)24-11-13-5-7-23-8-6-13/h3-4,9-10,12-13,23H,2,5-8,11H2,1H3,(H,24,28)(H,25,26,27). The molecule has 158 valence electrons. The molecule has 3 N–H and O–H groups in total. The third-order valence-corrected chi connectivity index (χ3v) is 6.10. The average Bonchev–Trinajstić information content (AvgIpc) is 3.20. The molecule has 1 amide bonds. The zero-order chi connectivity index (χ0) is 20.9. The molecule has 30 heavy (non-hydrogen) atoms. The van der Waals surface area contributed by atoms with Gasteiger partial charge in [0.25, 0.3) is 5.91 Å². The lowest BCUT2D eigenvalue weighted by atomic mass is 9.98. The van der Waals surface area contributed by atoms with Crippen LogP contribution < -0.4 is 20.7 Å². The molecule has 0 aliphatic carbocycles. The summed E-state index contributed by atoms with van der Waals surface area (Å²) in [7, 11) is 0. The van der Waals surface area contributed by atoms with E-state index in [1.165, 1.54) is 29.8 Å². The Morgan fingerprint density at radius 2 is 2.13 bits per heavy atom. The molecule has 0 spiro atoms. The molecule has 7 nitrogen and oxygen atoms in total. The van der Waals surface area contributed by atoms with Gasteiger partial charge in [-0.1, -0.05) is 0 Å². The summed E-state index contributed by atoms with van der Waals surface area (Å²) in [6.07, 6.45) is 3.60. The van der Waals surface area contributed by atoms with Gasteiger partial charge in [0.05, 0.1) is 22.6 Å². The molecule has 0 unspecified atom stereocenters. The first kappa shape index (κ1) is 20.5. The van der Waals surface area contributed by atoms with E-state index in [-0.39, 0.29) is 11.7 Å². The van der Waals surface area contributed by atoms with Crippen molar-refractivity contribution in [2.45, 2.75) is 19.8 Å². The van der Waals surface area contributed by atoms with Gasteiger partial charge in [0.2, 0.25) is 0 Å². The molecule has 1 fully saturated rings. The Bertz CT molecular complexity index is 1040. The van der Waals surface area contributed by atoms with E-state index in [0.717, 1.165) is 31.3 Å². The van der Waals surface area contributed by atoms with E-state index in [1.54, 1.807) is 12.1 Å². The van der Waals surface area contributed by atoms with Crippen LogP contribution in [0.1, 0.15) is 29.4 Å². The molecule has 0 radical (unpaired) electrons.